The number of fused-ring (bicyclic) bond motifs is 1. The summed E-state index contributed by atoms with van der Waals surface area (Å²) >= 11 is 0. The van der Waals surface area contributed by atoms with E-state index in [1.165, 1.54) is 0 Å². The second-order valence-corrected chi connectivity index (χ2v) is 5.43. The average Bonchev–Trinajstić information content (AvgIpc) is 2.51. The monoisotopic (exact) mass is 286 g/mol. The minimum Gasteiger partial charge on any atom is -0.409 e. The number of amidine groups is 1. The van der Waals surface area contributed by atoms with Gasteiger partial charge in [0.05, 0.1) is 0 Å². The minimum atomic E-state index is -0.644. The fourth-order valence-corrected chi connectivity index (χ4v) is 1.91. The van der Waals surface area contributed by atoms with Gasteiger partial charge in [-0.3, -0.25) is 9.78 Å². The molecule has 1 aromatic carbocycles. The first kappa shape index (κ1) is 14.8. The van der Waals surface area contributed by atoms with Crippen LogP contribution >= 0.6 is 0 Å². The van der Waals surface area contributed by atoms with Gasteiger partial charge in [0, 0.05) is 23.5 Å². The summed E-state index contributed by atoms with van der Waals surface area (Å²) in [5.41, 5.74) is 5.32. The number of nitrogens with one attached hydrogen (secondary N) is 1. The Balaban J connectivity index is 2.20. The molecule has 0 aliphatic carbocycles. The highest BCUT2D eigenvalue weighted by Crippen LogP contribution is 2.17. The maximum absolute atomic E-state index is 12.3. The second-order valence-electron chi connectivity index (χ2n) is 5.43. The lowest BCUT2D eigenvalue weighted by atomic mass is 9.92. The van der Waals surface area contributed by atoms with Crippen LogP contribution in [0.15, 0.2) is 41.7 Å². The average molecular weight is 286 g/mol. The van der Waals surface area contributed by atoms with Gasteiger partial charge in [-0.1, -0.05) is 43.3 Å². The van der Waals surface area contributed by atoms with Gasteiger partial charge < -0.3 is 16.3 Å². The molecule has 110 valence electrons. The number of carbonyl (C=O) groups excluding carboxylic acids is 1. The van der Waals surface area contributed by atoms with Gasteiger partial charge in [0.1, 0.15) is 11.5 Å². The Morgan fingerprint density at radius 3 is 2.81 bits per heavy atom. The van der Waals surface area contributed by atoms with E-state index in [0.29, 0.717) is 5.69 Å². The number of hydrogen-bond donors (Lipinski definition) is 3. The van der Waals surface area contributed by atoms with Crippen molar-refractivity contribution < 1.29 is 10.0 Å². The molecular weight excluding hydrogens is 268 g/mol. The van der Waals surface area contributed by atoms with Crippen molar-refractivity contribution in [1.82, 2.24) is 10.3 Å². The Kier molecular flexibility index (Phi) is 4.07. The normalized spacial score (nSPS) is 12.4. The molecule has 2 aromatic rings. The molecule has 0 fully saturated rings. The van der Waals surface area contributed by atoms with Gasteiger partial charge in [0.25, 0.3) is 5.91 Å². The molecule has 0 saturated carbocycles. The zero-order valence-electron chi connectivity index (χ0n) is 12.0. The topological polar surface area (TPSA) is 101 Å². The smallest absolute Gasteiger partial charge is 0.270 e. The highest BCUT2D eigenvalue weighted by molar-refractivity contribution is 6.05. The Morgan fingerprint density at radius 1 is 1.38 bits per heavy atom. The number of hydrogen-bond acceptors (Lipinski definition) is 4. The number of nitrogens with zero attached hydrogens (tertiary/aromatic N) is 2. The quantitative estimate of drug-likeness (QED) is 0.345. The zero-order chi connectivity index (χ0) is 15.5. The van der Waals surface area contributed by atoms with E-state index in [9.17, 15) is 4.79 Å². The van der Waals surface area contributed by atoms with Gasteiger partial charge in [-0.05, 0) is 11.5 Å². The molecule has 0 saturated heterocycles. The van der Waals surface area contributed by atoms with Crippen molar-refractivity contribution >= 4 is 22.5 Å². The van der Waals surface area contributed by atoms with Crippen molar-refractivity contribution in [2.24, 2.45) is 16.3 Å². The molecule has 0 bridgehead atoms. The molecule has 6 nitrogen and oxygen atoms in total. The lowest BCUT2D eigenvalue weighted by molar-refractivity contribution is 0.0941. The van der Waals surface area contributed by atoms with E-state index in [2.05, 4.69) is 15.5 Å². The van der Waals surface area contributed by atoms with Crippen LogP contribution in [0.3, 0.4) is 0 Å². The number of rotatable bonds is 4. The van der Waals surface area contributed by atoms with Crippen LogP contribution in [0, 0.1) is 5.41 Å². The summed E-state index contributed by atoms with van der Waals surface area (Å²) in [6, 6.07) is 9.40. The molecule has 1 amide bonds. The molecule has 0 aliphatic heterocycles. The van der Waals surface area contributed by atoms with E-state index in [1.54, 1.807) is 20.0 Å². The van der Waals surface area contributed by atoms with Crippen LogP contribution in [0.2, 0.25) is 0 Å². The van der Waals surface area contributed by atoms with Crippen LogP contribution in [0.5, 0.6) is 0 Å². The number of carbonyl (C=O) groups is 1. The summed E-state index contributed by atoms with van der Waals surface area (Å²) < 4.78 is 0. The minimum absolute atomic E-state index is 0.0636. The van der Waals surface area contributed by atoms with Crippen LogP contribution in [-0.4, -0.2) is 28.5 Å². The highest BCUT2D eigenvalue weighted by atomic mass is 16.4. The maximum Gasteiger partial charge on any atom is 0.270 e. The molecule has 21 heavy (non-hydrogen) atoms. The third-order valence-electron chi connectivity index (χ3n) is 3.38. The summed E-state index contributed by atoms with van der Waals surface area (Å²) in [6.45, 7) is 3.80. The summed E-state index contributed by atoms with van der Waals surface area (Å²) in [5.74, 6) is -0.223. The molecule has 6 heteroatoms. The Bertz CT molecular complexity index is 690. The number of pyridine rings is 1. The molecule has 1 heterocycles. The molecule has 0 radical (unpaired) electrons. The Labute approximate surface area is 122 Å². The summed E-state index contributed by atoms with van der Waals surface area (Å²) in [7, 11) is 0. The highest BCUT2D eigenvalue weighted by Gasteiger charge is 2.25. The van der Waals surface area contributed by atoms with Crippen molar-refractivity contribution in [3.63, 3.8) is 0 Å². The predicted molar refractivity (Wildman–Crippen MR) is 81.3 cm³/mol. The zero-order valence-corrected chi connectivity index (χ0v) is 12.0. The van der Waals surface area contributed by atoms with Crippen LogP contribution in [0.25, 0.3) is 10.8 Å². The lowest BCUT2D eigenvalue weighted by Crippen LogP contribution is -2.42. The molecule has 2 rings (SSSR count). The Morgan fingerprint density at radius 2 is 2.10 bits per heavy atom. The van der Waals surface area contributed by atoms with E-state index < -0.39 is 5.41 Å². The summed E-state index contributed by atoms with van der Waals surface area (Å²) in [4.78, 5) is 16.4. The van der Waals surface area contributed by atoms with Crippen LogP contribution in [0.1, 0.15) is 24.3 Å². The van der Waals surface area contributed by atoms with E-state index in [0.717, 1.165) is 10.8 Å². The molecule has 0 aliphatic rings. The van der Waals surface area contributed by atoms with E-state index in [1.807, 2.05) is 30.3 Å². The fourth-order valence-electron chi connectivity index (χ4n) is 1.91. The van der Waals surface area contributed by atoms with Crippen molar-refractivity contribution in [1.29, 1.82) is 0 Å². The first-order valence-corrected chi connectivity index (χ1v) is 6.55. The molecule has 0 atom stereocenters. The first-order chi connectivity index (χ1) is 9.95. The SMILES string of the molecule is CC(C)(CNC(=O)c1nccc2ccccc12)/C(N)=N/O. The van der Waals surface area contributed by atoms with Gasteiger partial charge in [-0.15, -0.1) is 0 Å². The first-order valence-electron chi connectivity index (χ1n) is 6.55. The number of oxime groups is 1. The van der Waals surface area contributed by atoms with E-state index in [4.69, 9.17) is 10.9 Å². The van der Waals surface area contributed by atoms with Crippen LogP contribution < -0.4 is 11.1 Å². The van der Waals surface area contributed by atoms with E-state index >= 15 is 0 Å². The van der Waals surface area contributed by atoms with Crippen molar-refractivity contribution in [3.8, 4) is 0 Å². The molecular formula is C15H18N4O2. The molecule has 1 aromatic heterocycles. The van der Waals surface area contributed by atoms with Crippen LogP contribution in [0.4, 0.5) is 0 Å². The predicted octanol–water partition coefficient (Wildman–Crippen LogP) is 1.74. The largest absolute Gasteiger partial charge is 0.409 e. The third kappa shape index (κ3) is 3.10. The maximum atomic E-state index is 12.3. The summed E-state index contributed by atoms with van der Waals surface area (Å²) in [5, 5.41) is 16.2. The second kappa shape index (κ2) is 5.78. The molecule has 0 unspecified atom stereocenters. The van der Waals surface area contributed by atoms with Gasteiger partial charge in [0.15, 0.2) is 0 Å². The number of nitrogens with two attached hydrogens (primary N) is 1. The van der Waals surface area contributed by atoms with Crippen molar-refractivity contribution in [3.05, 3.63) is 42.2 Å². The standard InChI is InChI=1S/C15H18N4O2/c1-15(2,14(16)19-21)9-18-13(20)12-11-6-4-3-5-10(11)7-8-17-12/h3-8,21H,9H2,1-2H3,(H2,16,19)(H,18,20). The van der Waals surface area contributed by atoms with Gasteiger partial charge in [-0.25, -0.2) is 0 Å². The lowest BCUT2D eigenvalue weighted by Gasteiger charge is -2.23. The Hall–Kier alpha value is -2.63. The van der Waals surface area contributed by atoms with Gasteiger partial charge in [0.2, 0.25) is 0 Å². The number of aromatic nitrogens is 1. The van der Waals surface area contributed by atoms with Gasteiger partial charge in [-0.2, -0.15) is 0 Å². The number of benzene rings is 1. The van der Waals surface area contributed by atoms with Crippen LogP contribution in [-0.2, 0) is 0 Å². The summed E-state index contributed by atoms with van der Waals surface area (Å²) in [6.07, 6.45) is 1.60. The molecule has 0 spiro atoms. The van der Waals surface area contributed by atoms with Crippen molar-refractivity contribution in [2.45, 2.75) is 13.8 Å². The van der Waals surface area contributed by atoms with Crippen molar-refractivity contribution in [2.75, 3.05) is 6.54 Å². The third-order valence-corrected chi connectivity index (χ3v) is 3.38. The molecule has 4 N–H and O–H groups in total. The fraction of sp³-hybridized carbons (Fsp3) is 0.267. The van der Waals surface area contributed by atoms with Gasteiger partial charge >= 0.3 is 0 Å². The number of amides is 1. The van der Waals surface area contributed by atoms with E-state index in [-0.39, 0.29) is 18.3 Å².